The lowest BCUT2D eigenvalue weighted by molar-refractivity contribution is -0.225. The van der Waals surface area contributed by atoms with Gasteiger partial charge in [-0.05, 0) is 0 Å². The van der Waals surface area contributed by atoms with Crippen LogP contribution in [-0.2, 0) is 36.7 Å². The van der Waals surface area contributed by atoms with Gasteiger partial charge in [-0.2, -0.15) is 0 Å². The molecule has 122 valence electrons. The van der Waals surface area contributed by atoms with E-state index in [1.165, 1.54) is 0 Å². The van der Waals surface area contributed by atoms with Crippen LogP contribution in [0.15, 0.2) is 0 Å². The predicted octanol–water partition coefficient (Wildman–Crippen LogP) is -0.718. The van der Waals surface area contributed by atoms with E-state index in [1.807, 2.05) is 0 Å². The van der Waals surface area contributed by atoms with Crippen LogP contribution in [0, 0.1) is 0 Å². The number of ether oxygens (including phenoxy) is 2. The molecule has 0 N–H and O–H groups in total. The minimum absolute atomic E-state index is 0.0505. The molecule has 20 heavy (non-hydrogen) atoms. The molecule has 2 atom stereocenters. The van der Waals surface area contributed by atoms with Crippen LogP contribution in [0.3, 0.4) is 0 Å². The third kappa shape index (κ3) is 11.9. The van der Waals surface area contributed by atoms with E-state index < -0.39 is 15.6 Å². The van der Waals surface area contributed by atoms with E-state index in [2.05, 4.69) is 18.1 Å². The van der Waals surface area contributed by atoms with Crippen LogP contribution >= 0.6 is 15.6 Å². The van der Waals surface area contributed by atoms with Crippen molar-refractivity contribution in [3.8, 4) is 0 Å². The molecular weight excluding hydrogens is 318 g/mol. The van der Waals surface area contributed by atoms with Crippen LogP contribution in [0.1, 0.15) is 0 Å². The molecule has 0 radical (unpaired) electrons. The fraction of sp³-hybridized carbons (Fsp3) is 1.00. The van der Waals surface area contributed by atoms with E-state index in [1.54, 1.807) is 0 Å². The molecule has 0 heterocycles. The van der Waals surface area contributed by atoms with Crippen molar-refractivity contribution in [2.24, 2.45) is 0 Å². The molecule has 10 nitrogen and oxygen atoms in total. The fourth-order valence-corrected chi connectivity index (χ4v) is 1.65. The second kappa shape index (κ2) is 10.8. The van der Waals surface area contributed by atoms with Gasteiger partial charge in [-0.15, -0.1) is 0 Å². The lowest BCUT2D eigenvalue weighted by atomic mass is 10.7. The number of phosphoric acid groups is 2. The minimum Gasteiger partial charge on any atom is -0.756 e. The van der Waals surface area contributed by atoms with E-state index in [4.69, 9.17) is 9.47 Å². The first kappa shape index (κ1) is 20.1. The molecule has 2 unspecified atom stereocenters. The molecule has 0 rings (SSSR count). The molecule has 0 aliphatic rings. The van der Waals surface area contributed by atoms with Gasteiger partial charge in [0.25, 0.3) is 15.6 Å². The summed E-state index contributed by atoms with van der Waals surface area (Å²) in [5.74, 6) is 0. The number of hydrogen-bond donors (Lipinski definition) is 0. The second-order valence-corrected chi connectivity index (χ2v) is 6.19. The van der Waals surface area contributed by atoms with Gasteiger partial charge in [0.2, 0.25) is 0 Å². The average Bonchev–Trinajstić information content (AvgIpc) is 2.41. The van der Waals surface area contributed by atoms with Gasteiger partial charge in [0.15, 0.2) is 0 Å². The molecule has 0 saturated heterocycles. The molecule has 0 aromatic heterocycles. The fourth-order valence-electron chi connectivity index (χ4n) is 0.843. The average molecular weight is 336 g/mol. The highest BCUT2D eigenvalue weighted by Crippen LogP contribution is 2.36. The van der Waals surface area contributed by atoms with Gasteiger partial charge in [-0.1, -0.05) is 0 Å². The Morgan fingerprint density at radius 2 is 1.00 bits per heavy atom. The molecule has 0 saturated carbocycles. The Morgan fingerprint density at radius 1 is 0.700 bits per heavy atom. The quantitative estimate of drug-likeness (QED) is 0.313. The Morgan fingerprint density at radius 3 is 1.30 bits per heavy atom. The first-order chi connectivity index (χ1) is 9.33. The van der Waals surface area contributed by atoms with Gasteiger partial charge in [0, 0.05) is 14.2 Å². The summed E-state index contributed by atoms with van der Waals surface area (Å²) in [6.45, 7) is 0.164. The van der Waals surface area contributed by atoms with Gasteiger partial charge in [0.05, 0.1) is 39.6 Å². The van der Waals surface area contributed by atoms with Gasteiger partial charge >= 0.3 is 0 Å². The zero-order valence-electron chi connectivity index (χ0n) is 11.2. The first-order valence-electron chi connectivity index (χ1n) is 5.51. The molecule has 0 spiro atoms. The van der Waals surface area contributed by atoms with Crippen molar-refractivity contribution < 1.29 is 46.5 Å². The topological polar surface area (TPSA) is 136 Å². The van der Waals surface area contributed by atoms with Crippen molar-refractivity contribution in [1.29, 1.82) is 0 Å². The van der Waals surface area contributed by atoms with Gasteiger partial charge < -0.3 is 37.4 Å². The first-order valence-corrected chi connectivity index (χ1v) is 8.43. The molecule has 0 aliphatic heterocycles. The van der Waals surface area contributed by atoms with E-state index in [0.717, 1.165) is 14.2 Å². The third-order valence-corrected chi connectivity index (χ3v) is 3.67. The molecule has 0 aromatic rings. The van der Waals surface area contributed by atoms with Crippen LogP contribution in [0.25, 0.3) is 0 Å². The Labute approximate surface area is 117 Å². The standard InChI is InChI=1S/C8H20O10P2/c1-13-19(9,10)17-7-5-15-3-4-16-6-8-18-20(11,12)14-2/h3-8H2,1-2H3,(H,9,10)(H,11,12)/p-2. The SMILES string of the molecule is COP(=O)([O-])OCCOCCOCCOP(=O)([O-])OC. The summed E-state index contributed by atoms with van der Waals surface area (Å²) in [4.78, 5) is 21.5. The maximum atomic E-state index is 10.7. The predicted molar refractivity (Wildman–Crippen MR) is 62.8 cm³/mol. The summed E-state index contributed by atoms with van der Waals surface area (Å²) in [6.07, 6.45) is 0. The largest absolute Gasteiger partial charge is 0.756 e. The van der Waals surface area contributed by atoms with Crippen molar-refractivity contribution in [1.82, 2.24) is 0 Å². The van der Waals surface area contributed by atoms with Crippen molar-refractivity contribution >= 4 is 15.6 Å². The molecule has 0 amide bonds. The number of rotatable bonds is 13. The van der Waals surface area contributed by atoms with E-state index in [0.29, 0.717) is 0 Å². The Hall–Kier alpha value is 0.140. The molecule has 0 fully saturated rings. The highest BCUT2D eigenvalue weighted by atomic mass is 31.2. The van der Waals surface area contributed by atoms with E-state index in [9.17, 15) is 18.9 Å². The summed E-state index contributed by atoms with van der Waals surface area (Å²) >= 11 is 0. The number of hydrogen-bond acceptors (Lipinski definition) is 10. The lowest BCUT2D eigenvalue weighted by Gasteiger charge is -2.20. The van der Waals surface area contributed by atoms with Crippen LogP contribution in [0.2, 0.25) is 0 Å². The lowest BCUT2D eigenvalue weighted by Crippen LogP contribution is -2.14. The summed E-state index contributed by atoms with van der Waals surface area (Å²) in [5.41, 5.74) is 0. The summed E-state index contributed by atoms with van der Waals surface area (Å²) in [6, 6.07) is 0. The normalized spacial score (nSPS) is 17.6. The van der Waals surface area contributed by atoms with Gasteiger partial charge in [0.1, 0.15) is 0 Å². The molecule has 0 bridgehead atoms. The molecule has 0 aliphatic carbocycles. The van der Waals surface area contributed by atoms with Crippen molar-refractivity contribution in [2.75, 3.05) is 53.9 Å². The summed E-state index contributed by atoms with van der Waals surface area (Å²) in [5, 5.41) is 0. The highest BCUT2D eigenvalue weighted by molar-refractivity contribution is 7.46. The van der Waals surface area contributed by atoms with Crippen molar-refractivity contribution in [3.63, 3.8) is 0 Å². The van der Waals surface area contributed by atoms with Crippen molar-refractivity contribution in [3.05, 3.63) is 0 Å². The maximum absolute atomic E-state index is 10.7. The maximum Gasteiger partial charge on any atom is 0.267 e. The van der Waals surface area contributed by atoms with Crippen LogP contribution in [0.4, 0.5) is 0 Å². The van der Waals surface area contributed by atoms with Crippen LogP contribution in [-0.4, -0.2) is 53.9 Å². The van der Waals surface area contributed by atoms with Crippen molar-refractivity contribution in [2.45, 2.75) is 0 Å². The smallest absolute Gasteiger partial charge is 0.267 e. The summed E-state index contributed by atoms with van der Waals surface area (Å²) < 4.78 is 48.4. The van der Waals surface area contributed by atoms with Gasteiger partial charge in [-0.3, -0.25) is 9.13 Å². The zero-order chi connectivity index (χ0) is 15.5. The molecule has 12 heteroatoms. The van der Waals surface area contributed by atoms with Gasteiger partial charge in [-0.25, -0.2) is 0 Å². The highest BCUT2D eigenvalue weighted by Gasteiger charge is 2.06. The Kier molecular flexibility index (Phi) is 10.9. The second-order valence-electron chi connectivity index (χ2n) is 3.15. The summed E-state index contributed by atoms with van der Waals surface area (Å²) in [7, 11) is -6.43. The molecule has 0 aromatic carbocycles. The van der Waals surface area contributed by atoms with Crippen LogP contribution in [0.5, 0.6) is 0 Å². The van der Waals surface area contributed by atoms with Crippen LogP contribution < -0.4 is 9.79 Å². The number of phosphoric ester groups is 2. The minimum atomic E-state index is -4.21. The molecular formula is C8H18O10P2-2. The zero-order valence-corrected chi connectivity index (χ0v) is 13.0. The van der Waals surface area contributed by atoms with E-state index in [-0.39, 0.29) is 39.6 Å². The third-order valence-electron chi connectivity index (χ3n) is 1.77. The van der Waals surface area contributed by atoms with E-state index >= 15 is 0 Å². The Balaban J connectivity index is 3.30. The monoisotopic (exact) mass is 336 g/mol. The Bertz CT molecular complexity index is 303.